The van der Waals surface area contributed by atoms with E-state index < -0.39 is 0 Å². The predicted octanol–water partition coefficient (Wildman–Crippen LogP) is 2.11. The highest BCUT2D eigenvalue weighted by Gasteiger charge is 2.07. The molecule has 0 saturated carbocycles. The van der Waals surface area contributed by atoms with Gasteiger partial charge in [0.2, 0.25) is 5.91 Å². The van der Waals surface area contributed by atoms with Crippen LogP contribution in [0.25, 0.3) is 0 Å². The summed E-state index contributed by atoms with van der Waals surface area (Å²) >= 11 is 0. The summed E-state index contributed by atoms with van der Waals surface area (Å²) in [5.74, 6) is 1.67. The molecule has 1 amide bonds. The van der Waals surface area contributed by atoms with Gasteiger partial charge in [0.25, 0.3) is 0 Å². The minimum atomic E-state index is 0. The zero-order valence-corrected chi connectivity index (χ0v) is 17.1. The fourth-order valence-electron chi connectivity index (χ4n) is 1.95. The van der Waals surface area contributed by atoms with E-state index >= 15 is 0 Å². The standard InChI is InChI=1S/C17H28N4O2.HI/c1-4-11-19-16(22)10-12-20-17(18-2)21(3)13-14-23-15-8-6-5-7-9-15;/h5-9H,4,10-14H2,1-3H3,(H,18,20)(H,19,22);1H. The number of guanidine groups is 1. The third-order valence-corrected chi connectivity index (χ3v) is 3.22. The van der Waals surface area contributed by atoms with Gasteiger partial charge in [0.05, 0.1) is 6.54 Å². The summed E-state index contributed by atoms with van der Waals surface area (Å²) in [5, 5.41) is 6.04. The lowest BCUT2D eigenvalue weighted by molar-refractivity contribution is -0.120. The Morgan fingerprint density at radius 1 is 1.21 bits per heavy atom. The maximum absolute atomic E-state index is 11.5. The molecule has 0 saturated heterocycles. The maximum Gasteiger partial charge on any atom is 0.221 e. The van der Waals surface area contributed by atoms with Crippen molar-refractivity contribution in [3.05, 3.63) is 30.3 Å². The lowest BCUT2D eigenvalue weighted by atomic mass is 10.3. The number of nitrogens with one attached hydrogen (secondary N) is 2. The van der Waals surface area contributed by atoms with E-state index in [9.17, 15) is 4.79 Å². The van der Waals surface area contributed by atoms with Crippen molar-refractivity contribution in [2.45, 2.75) is 19.8 Å². The van der Waals surface area contributed by atoms with Crippen LogP contribution in [0.15, 0.2) is 35.3 Å². The Morgan fingerprint density at radius 3 is 2.54 bits per heavy atom. The lowest BCUT2D eigenvalue weighted by Crippen LogP contribution is -2.42. The summed E-state index contributed by atoms with van der Waals surface area (Å²) in [4.78, 5) is 17.7. The highest BCUT2D eigenvalue weighted by atomic mass is 127. The van der Waals surface area contributed by atoms with Crippen LogP contribution >= 0.6 is 24.0 Å². The molecule has 24 heavy (non-hydrogen) atoms. The molecule has 0 aliphatic heterocycles. The van der Waals surface area contributed by atoms with Crippen LogP contribution in [-0.2, 0) is 4.79 Å². The fraction of sp³-hybridized carbons (Fsp3) is 0.529. The van der Waals surface area contributed by atoms with E-state index in [1.807, 2.05) is 49.2 Å². The molecule has 1 aromatic carbocycles. The molecule has 0 aliphatic rings. The Labute approximate surface area is 162 Å². The summed E-state index contributed by atoms with van der Waals surface area (Å²) in [6.45, 7) is 4.60. The Hall–Kier alpha value is -1.51. The zero-order chi connectivity index (χ0) is 16.9. The molecule has 0 heterocycles. The molecule has 0 unspecified atom stereocenters. The normalized spacial score (nSPS) is 10.5. The van der Waals surface area contributed by atoms with Gasteiger partial charge in [0.1, 0.15) is 12.4 Å². The topological polar surface area (TPSA) is 66.0 Å². The second-order valence-corrected chi connectivity index (χ2v) is 5.16. The van der Waals surface area contributed by atoms with Crippen LogP contribution in [0.2, 0.25) is 0 Å². The fourth-order valence-corrected chi connectivity index (χ4v) is 1.95. The molecule has 0 aliphatic carbocycles. The summed E-state index contributed by atoms with van der Waals surface area (Å²) < 4.78 is 5.67. The number of carbonyl (C=O) groups excluding carboxylic acids is 1. The van der Waals surface area contributed by atoms with Crippen molar-refractivity contribution in [2.24, 2.45) is 4.99 Å². The molecular weight excluding hydrogens is 419 g/mol. The van der Waals surface area contributed by atoms with Crippen LogP contribution in [-0.4, -0.2) is 57.1 Å². The third kappa shape index (κ3) is 9.59. The molecular formula is C17H29IN4O2. The number of ether oxygens (including phenoxy) is 1. The zero-order valence-electron chi connectivity index (χ0n) is 14.7. The van der Waals surface area contributed by atoms with Crippen LogP contribution in [0.3, 0.4) is 0 Å². The van der Waals surface area contributed by atoms with Gasteiger partial charge < -0.3 is 20.3 Å². The first-order valence-electron chi connectivity index (χ1n) is 8.03. The maximum atomic E-state index is 11.5. The van der Waals surface area contributed by atoms with E-state index in [0.717, 1.165) is 24.7 Å². The number of rotatable bonds is 9. The minimum Gasteiger partial charge on any atom is -0.492 e. The highest BCUT2D eigenvalue weighted by Crippen LogP contribution is 2.07. The largest absolute Gasteiger partial charge is 0.492 e. The van der Waals surface area contributed by atoms with E-state index in [-0.39, 0.29) is 29.9 Å². The number of aliphatic imine (C=N–C) groups is 1. The molecule has 0 radical (unpaired) electrons. The molecule has 1 aromatic rings. The monoisotopic (exact) mass is 448 g/mol. The van der Waals surface area contributed by atoms with Crippen molar-refractivity contribution in [1.29, 1.82) is 0 Å². The van der Waals surface area contributed by atoms with Crippen LogP contribution in [0.4, 0.5) is 0 Å². The van der Waals surface area contributed by atoms with Crippen LogP contribution < -0.4 is 15.4 Å². The Morgan fingerprint density at radius 2 is 1.92 bits per heavy atom. The minimum absolute atomic E-state index is 0. The molecule has 0 bridgehead atoms. The average molecular weight is 448 g/mol. The molecule has 0 fully saturated rings. The number of hydrogen-bond acceptors (Lipinski definition) is 3. The van der Waals surface area contributed by atoms with Crippen molar-refractivity contribution >= 4 is 35.8 Å². The van der Waals surface area contributed by atoms with Gasteiger partial charge in [-0.05, 0) is 18.6 Å². The molecule has 0 atom stereocenters. The summed E-state index contributed by atoms with van der Waals surface area (Å²) in [6.07, 6.45) is 1.39. The van der Waals surface area contributed by atoms with Gasteiger partial charge >= 0.3 is 0 Å². The number of para-hydroxylation sites is 1. The van der Waals surface area contributed by atoms with Crippen molar-refractivity contribution in [3.63, 3.8) is 0 Å². The molecule has 0 spiro atoms. The average Bonchev–Trinajstić information content (AvgIpc) is 2.57. The molecule has 136 valence electrons. The summed E-state index contributed by atoms with van der Waals surface area (Å²) in [6, 6.07) is 9.72. The van der Waals surface area contributed by atoms with Gasteiger partial charge in [-0.15, -0.1) is 24.0 Å². The van der Waals surface area contributed by atoms with Gasteiger partial charge in [0, 0.05) is 33.6 Å². The Balaban J connectivity index is 0.00000529. The summed E-state index contributed by atoms with van der Waals surface area (Å²) in [7, 11) is 3.68. The molecule has 6 nitrogen and oxygen atoms in total. The number of hydrogen-bond donors (Lipinski definition) is 2. The van der Waals surface area contributed by atoms with Crippen LogP contribution in [0, 0.1) is 0 Å². The number of likely N-dealkylation sites (N-methyl/N-ethyl adjacent to an activating group) is 1. The van der Waals surface area contributed by atoms with Gasteiger partial charge in [0.15, 0.2) is 5.96 Å². The SMILES string of the molecule is CCCNC(=O)CCNC(=NC)N(C)CCOc1ccccc1.I. The van der Waals surface area contributed by atoms with E-state index in [1.54, 1.807) is 7.05 Å². The molecule has 7 heteroatoms. The molecule has 2 N–H and O–H groups in total. The number of amides is 1. The van der Waals surface area contributed by atoms with Crippen LogP contribution in [0.1, 0.15) is 19.8 Å². The van der Waals surface area contributed by atoms with E-state index in [2.05, 4.69) is 15.6 Å². The third-order valence-electron chi connectivity index (χ3n) is 3.22. The number of benzene rings is 1. The first-order chi connectivity index (χ1) is 11.2. The van der Waals surface area contributed by atoms with Gasteiger partial charge in [-0.2, -0.15) is 0 Å². The van der Waals surface area contributed by atoms with Gasteiger partial charge in [-0.25, -0.2) is 0 Å². The second kappa shape index (κ2) is 13.9. The van der Waals surface area contributed by atoms with Gasteiger partial charge in [-0.1, -0.05) is 25.1 Å². The first kappa shape index (κ1) is 22.5. The molecule has 1 rings (SSSR count). The van der Waals surface area contributed by atoms with Crippen molar-refractivity contribution in [3.8, 4) is 5.75 Å². The Kier molecular flexibility index (Phi) is 13.0. The quantitative estimate of drug-likeness (QED) is 0.345. The van der Waals surface area contributed by atoms with Crippen molar-refractivity contribution < 1.29 is 9.53 Å². The summed E-state index contributed by atoms with van der Waals surface area (Å²) in [5.41, 5.74) is 0. The number of carbonyl (C=O) groups is 1. The number of nitrogens with zero attached hydrogens (tertiary/aromatic N) is 2. The predicted molar refractivity (Wildman–Crippen MR) is 109 cm³/mol. The molecule has 0 aromatic heterocycles. The number of halogens is 1. The lowest BCUT2D eigenvalue weighted by Gasteiger charge is -2.22. The first-order valence-corrected chi connectivity index (χ1v) is 8.03. The second-order valence-electron chi connectivity index (χ2n) is 5.16. The van der Waals surface area contributed by atoms with E-state index in [1.165, 1.54) is 0 Å². The van der Waals surface area contributed by atoms with E-state index in [0.29, 0.717) is 26.1 Å². The van der Waals surface area contributed by atoms with Crippen LogP contribution in [0.5, 0.6) is 5.75 Å². The smallest absolute Gasteiger partial charge is 0.221 e. The van der Waals surface area contributed by atoms with Crippen molar-refractivity contribution in [2.75, 3.05) is 40.3 Å². The van der Waals surface area contributed by atoms with Crippen molar-refractivity contribution in [1.82, 2.24) is 15.5 Å². The van der Waals surface area contributed by atoms with E-state index in [4.69, 9.17) is 4.74 Å². The van der Waals surface area contributed by atoms with Gasteiger partial charge in [-0.3, -0.25) is 9.79 Å². The highest BCUT2D eigenvalue weighted by molar-refractivity contribution is 14.0. The Bertz CT molecular complexity index is 483.